The molecule has 0 radical (unpaired) electrons. The SMILES string of the molecule is COc1cc(Cl)c(-c2cc(N)n(C)n2)c(C(C)C)c1OC. The van der Waals surface area contributed by atoms with Gasteiger partial charge in [-0.1, -0.05) is 25.4 Å². The van der Waals surface area contributed by atoms with Gasteiger partial charge in [-0.2, -0.15) is 5.10 Å². The number of ether oxygens (including phenoxy) is 2. The summed E-state index contributed by atoms with van der Waals surface area (Å²) in [6, 6.07) is 3.55. The molecule has 2 rings (SSSR count). The molecule has 0 aliphatic rings. The highest BCUT2D eigenvalue weighted by Gasteiger charge is 2.24. The number of halogens is 1. The molecule has 0 atom stereocenters. The van der Waals surface area contributed by atoms with Gasteiger partial charge in [-0.25, -0.2) is 0 Å². The number of hydrogen-bond acceptors (Lipinski definition) is 4. The first kappa shape index (κ1) is 15.5. The van der Waals surface area contributed by atoms with Gasteiger partial charge in [-0.05, 0) is 5.92 Å². The molecule has 0 saturated heterocycles. The molecule has 0 unspecified atom stereocenters. The van der Waals surface area contributed by atoms with Gasteiger partial charge in [0.05, 0.1) is 24.9 Å². The number of benzene rings is 1. The van der Waals surface area contributed by atoms with Crippen LogP contribution in [-0.4, -0.2) is 24.0 Å². The lowest BCUT2D eigenvalue weighted by Gasteiger charge is -2.20. The van der Waals surface area contributed by atoms with Crippen molar-refractivity contribution >= 4 is 17.4 Å². The van der Waals surface area contributed by atoms with Crippen molar-refractivity contribution in [2.45, 2.75) is 19.8 Å². The van der Waals surface area contributed by atoms with E-state index in [1.807, 2.05) is 0 Å². The molecule has 0 aliphatic carbocycles. The predicted molar refractivity (Wildman–Crippen MR) is 85.3 cm³/mol. The monoisotopic (exact) mass is 309 g/mol. The zero-order chi connectivity index (χ0) is 15.7. The van der Waals surface area contributed by atoms with Gasteiger partial charge in [0, 0.05) is 30.3 Å². The minimum atomic E-state index is 0.186. The Morgan fingerprint density at radius 1 is 1.24 bits per heavy atom. The van der Waals surface area contributed by atoms with Crippen molar-refractivity contribution in [1.82, 2.24) is 9.78 Å². The highest BCUT2D eigenvalue weighted by atomic mass is 35.5. The minimum absolute atomic E-state index is 0.186. The molecule has 0 bridgehead atoms. The van der Waals surface area contributed by atoms with E-state index in [4.69, 9.17) is 26.8 Å². The highest BCUT2D eigenvalue weighted by molar-refractivity contribution is 6.33. The average Bonchev–Trinajstić information content (AvgIpc) is 2.76. The van der Waals surface area contributed by atoms with Crippen LogP contribution in [0.15, 0.2) is 12.1 Å². The zero-order valence-corrected chi connectivity index (χ0v) is 13.7. The summed E-state index contributed by atoms with van der Waals surface area (Å²) in [6.45, 7) is 4.15. The number of nitrogen functional groups attached to an aromatic ring is 1. The molecular formula is C15H20ClN3O2. The van der Waals surface area contributed by atoms with Crippen LogP contribution >= 0.6 is 11.6 Å². The van der Waals surface area contributed by atoms with E-state index in [9.17, 15) is 0 Å². The second kappa shape index (κ2) is 5.85. The van der Waals surface area contributed by atoms with Crippen LogP contribution in [0.5, 0.6) is 11.5 Å². The van der Waals surface area contributed by atoms with Crippen molar-refractivity contribution in [1.29, 1.82) is 0 Å². The number of hydrogen-bond donors (Lipinski definition) is 1. The van der Waals surface area contributed by atoms with E-state index >= 15 is 0 Å². The standard InChI is InChI=1S/C15H20ClN3O2/c1-8(2)13-14(10-7-12(17)19(3)18-10)9(16)6-11(20-4)15(13)21-5/h6-8H,17H2,1-5H3. The molecular weight excluding hydrogens is 290 g/mol. The topological polar surface area (TPSA) is 62.3 Å². The summed E-state index contributed by atoms with van der Waals surface area (Å²) in [6.07, 6.45) is 0. The number of aryl methyl sites for hydroxylation is 1. The Balaban J connectivity index is 2.81. The zero-order valence-electron chi connectivity index (χ0n) is 12.9. The van der Waals surface area contributed by atoms with Gasteiger partial charge in [-0.3, -0.25) is 4.68 Å². The molecule has 2 aromatic rings. The van der Waals surface area contributed by atoms with E-state index in [0.717, 1.165) is 16.8 Å². The maximum Gasteiger partial charge on any atom is 0.164 e. The van der Waals surface area contributed by atoms with Gasteiger partial charge in [-0.15, -0.1) is 0 Å². The number of nitrogens with zero attached hydrogens (tertiary/aromatic N) is 2. The van der Waals surface area contributed by atoms with Crippen molar-refractivity contribution in [3.8, 4) is 22.8 Å². The van der Waals surface area contributed by atoms with E-state index < -0.39 is 0 Å². The minimum Gasteiger partial charge on any atom is -0.493 e. The summed E-state index contributed by atoms with van der Waals surface area (Å²) in [4.78, 5) is 0. The Morgan fingerprint density at radius 3 is 2.33 bits per heavy atom. The molecule has 1 heterocycles. The molecule has 2 N–H and O–H groups in total. The Morgan fingerprint density at radius 2 is 1.90 bits per heavy atom. The van der Waals surface area contributed by atoms with Crippen LogP contribution in [0.4, 0.5) is 5.82 Å². The molecule has 0 amide bonds. The van der Waals surface area contributed by atoms with Crippen molar-refractivity contribution in [3.63, 3.8) is 0 Å². The molecule has 114 valence electrons. The van der Waals surface area contributed by atoms with Gasteiger partial charge in [0.25, 0.3) is 0 Å². The van der Waals surface area contributed by atoms with Crippen LogP contribution in [0.3, 0.4) is 0 Å². The number of aromatic nitrogens is 2. The quantitative estimate of drug-likeness (QED) is 0.939. The van der Waals surface area contributed by atoms with E-state index in [0.29, 0.717) is 22.3 Å². The fourth-order valence-corrected chi connectivity index (χ4v) is 2.70. The summed E-state index contributed by atoms with van der Waals surface area (Å²) in [5.74, 6) is 2.05. The summed E-state index contributed by atoms with van der Waals surface area (Å²) in [5.41, 5.74) is 8.40. The van der Waals surface area contributed by atoms with Gasteiger partial charge in [0.1, 0.15) is 5.82 Å². The summed E-state index contributed by atoms with van der Waals surface area (Å²) in [7, 11) is 5.01. The smallest absolute Gasteiger partial charge is 0.164 e. The number of anilines is 1. The predicted octanol–water partition coefficient (Wildman–Crippen LogP) is 3.46. The lowest BCUT2D eigenvalue weighted by atomic mass is 9.93. The molecule has 0 saturated carbocycles. The van der Waals surface area contributed by atoms with Gasteiger partial charge >= 0.3 is 0 Å². The lowest BCUT2D eigenvalue weighted by molar-refractivity contribution is 0.350. The molecule has 0 fully saturated rings. The van der Waals surface area contributed by atoms with Crippen LogP contribution in [0.2, 0.25) is 5.02 Å². The van der Waals surface area contributed by atoms with Gasteiger partial charge < -0.3 is 15.2 Å². The average molecular weight is 310 g/mol. The van der Waals surface area contributed by atoms with E-state index in [-0.39, 0.29) is 5.92 Å². The van der Waals surface area contributed by atoms with E-state index in [1.54, 1.807) is 38.1 Å². The van der Waals surface area contributed by atoms with Gasteiger partial charge in [0.15, 0.2) is 11.5 Å². The Kier molecular flexibility index (Phi) is 4.32. The van der Waals surface area contributed by atoms with Crippen molar-refractivity contribution < 1.29 is 9.47 Å². The third-order valence-corrected chi connectivity index (χ3v) is 3.71. The Bertz CT molecular complexity index is 646. The van der Waals surface area contributed by atoms with E-state index in [2.05, 4.69) is 18.9 Å². The van der Waals surface area contributed by atoms with E-state index in [1.165, 1.54) is 0 Å². The largest absolute Gasteiger partial charge is 0.493 e. The normalized spacial score (nSPS) is 11.0. The maximum atomic E-state index is 6.46. The fourth-order valence-electron chi connectivity index (χ4n) is 2.40. The number of methoxy groups -OCH3 is 2. The number of nitrogens with two attached hydrogens (primary N) is 1. The molecule has 1 aromatic heterocycles. The first-order valence-electron chi connectivity index (χ1n) is 6.64. The summed E-state index contributed by atoms with van der Waals surface area (Å²) < 4.78 is 12.5. The molecule has 6 heteroatoms. The maximum absolute atomic E-state index is 6.46. The van der Waals surface area contributed by atoms with Crippen LogP contribution in [0, 0.1) is 0 Å². The van der Waals surface area contributed by atoms with Crippen LogP contribution in [-0.2, 0) is 7.05 Å². The van der Waals surface area contributed by atoms with Crippen LogP contribution in [0.1, 0.15) is 25.3 Å². The van der Waals surface area contributed by atoms with Crippen LogP contribution < -0.4 is 15.2 Å². The van der Waals surface area contributed by atoms with Gasteiger partial charge in [0.2, 0.25) is 0 Å². The molecule has 1 aromatic carbocycles. The van der Waals surface area contributed by atoms with Crippen molar-refractivity contribution in [2.24, 2.45) is 7.05 Å². The third-order valence-electron chi connectivity index (χ3n) is 3.41. The third kappa shape index (κ3) is 2.65. The lowest BCUT2D eigenvalue weighted by Crippen LogP contribution is -2.02. The molecule has 21 heavy (non-hydrogen) atoms. The van der Waals surface area contributed by atoms with Crippen LogP contribution in [0.25, 0.3) is 11.3 Å². The van der Waals surface area contributed by atoms with Crippen molar-refractivity contribution in [3.05, 3.63) is 22.7 Å². The second-order valence-electron chi connectivity index (χ2n) is 5.12. The van der Waals surface area contributed by atoms with Crippen molar-refractivity contribution in [2.75, 3.05) is 20.0 Å². The summed E-state index contributed by atoms with van der Waals surface area (Å²) in [5, 5.41) is 4.99. The molecule has 0 spiro atoms. The first-order chi connectivity index (χ1) is 9.90. The molecule has 0 aliphatic heterocycles. The second-order valence-corrected chi connectivity index (χ2v) is 5.52. The number of rotatable bonds is 4. The fraction of sp³-hybridized carbons (Fsp3) is 0.400. The Hall–Kier alpha value is -1.88. The highest BCUT2D eigenvalue weighted by Crippen LogP contribution is 2.46. The first-order valence-corrected chi connectivity index (χ1v) is 7.02. The summed E-state index contributed by atoms with van der Waals surface area (Å²) >= 11 is 6.46. The Labute approximate surface area is 129 Å². The molecule has 5 nitrogen and oxygen atoms in total.